The van der Waals surface area contributed by atoms with Gasteiger partial charge >= 0.3 is 0 Å². The van der Waals surface area contributed by atoms with Crippen molar-refractivity contribution >= 4 is 5.97 Å². The van der Waals surface area contributed by atoms with Crippen molar-refractivity contribution in [3.63, 3.8) is 0 Å². The van der Waals surface area contributed by atoms with Gasteiger partial charge in [0.05, 0.1) is 0 Å². The number of allylic oxidation sites excluding steroid dienone is 2. The monoisotopic (exact) mass is 240 g/mol. The van der Waals surface area contributed by atoms with Crippen molar-refractivity contribution < 1.29 is 15.0 Å². The molecule has 2 N–H and O–H groups in total. The molecule has 0 spiro atoms. The average molecular weight is 240 g/mol. The molecule has 3 nitrogen and oxygen atoms in total. The Morgan fingerprint density at radius 1 is 1.47 bits per heavy atom. The van der Waals surface area contributed by atoms with Crippen LogP contribution in [0.25, 0.3) is 0 Å². The van der Waals surface area contributed by atoms with Gasteiger partial charge in [-0.25, -0.2) is 0 Å². The summed E-state index contributed by atoms with van der Waals surface area (Å²) in [7, 11) is 0. The Morgan fingerprint density at radius 3 is 2.59 bits per heavy atom. The molecule has 4 unspecified atom stereocenters. The van der Waals surface area contributed by atoms with Crippen molar-refractivity contribution in [2.24, 2.45) is 23.7 Å². The van der Waals surface area contributed by atoms with E-state index in [0.29, 0.717) is 12.5 Å². The summed E-state index contributed by atoms with van der Waals surface area (Å²) < 4.78 is 0. The summed E-state index contributed by atoms with van der Waals surface area (Å²) in [5.74, 6) is 2.09. The van der Waals surface area contributed by atoms with Crippen LogP contribution >= 0.6 is 0 Å². The van der Waals surface area contributed by atoms with Crippen molar-refractivity contribution in [1.82, 2.24) is 0 Å². The number of fused-ring (bicyclic) bond motifs is 2. The number of hydrogen-bond acceptors (Lipinski definition) is 2. The third-order valence-corrected chi connectivity index (χ3v) is 4.28. The van der Waals surface area contributed by atoms with Gasteiger partial charge in [-0.15, -0.1) is 0 Å². The van der Waals surface area contributed by atoms with Crippen LogP contribution in [-0.4, -0.2) is 22.8 Å². The van der Waals surface area contributed by atoms with Crippen LogP contribution in [-0.2, 0) is 4.79 Å². The molecule has 17 heavy (non-hydrogen) atoms. The first-order valence-electron chi connectivity index (χ1n) is 6.42. The molecule has 0 aliphatic heterocycles. The molecule has 0 saturated heterocycles. The van der Waals surface area contributed by atoms with E-state index in [1.165, 1.54) is 19.3 Å². The van der Waals surface area contributed by atoms with E-state index in [1.807, 2.05) is 0 Å². The molecule has 2 bridgehead atoms. The maximum Gasteiger partial charge on any atom is 0.300 e. The molecule has 4 atom stereocenters. The molecule has 1 saturated carbocycles. The number of carbonyl (C=O) groups is 1. The number of carboxylic acid groups (broad SMARTS) is 1. The molecule has 0 aromatic carbocycles. The van der Waals surface area contributed by atoms with Gasteiger partial charge in [0, 0.05) is 13.5 Å². The van der Waals surface area contributed by atoms with Crippen molar-refractivity contribution in [2.45, 2.75) is 40.0 Å². The summed E-state index contributed by atoms with van der Waals surface area (Å²) in [4.78, 5) is 9.00. The number of rotatable bonds is 1. The summed E-state index contributed by atoms with van der Waals surface area (Å²) in [6.45, 7) is 6.04. The van der Waals surface area contributed by atoms with Crippen LogP contribution < -0.4 is 0 Å². The van der Waals surface area contributed by atoms with Gasteiger partial charge in [0.2, 0.25) is 0 Å². The lowest BCUT2D eigenvalue weighted by atomic mass is 9.63. The first-order chi connectivity index (χ1) is 7.95. The predicted molar refractivity (Wildman–Crippen MR) is 67.6 cm³/mol. The summed E-state index contributed by atoms with van der Waals surface area (Å²) in [5, 5.41) is 16.7. The average Bonchev–Trinajstić information content (AvgIpc) is 2.26. The van der Waals surface area contributed by atoms with Crippen LogP contribution in [0.2, 0.25) is 0 Å². The van der Waals surface area contributed by atoms with Crippen molar-refractivity contribution in [3.05, 3.63) is 11.6 Å². The van der Waals surface area contributed by atoms with Crippen molar-refractivity contribution in [2.75, 3.05) is 6.61 Å². The van der Waals surface area contributed by atoms with E-state index in [-0.39, 0.29) is 0 Å². The smallest absolute Gasteiger partial charge is 0.300 e. The van der Waals surface area contributed by atoms with Crippen molar-refractivity contribution in [1.29, 1.82) is 0 Å². The van der Waals surface area contributed by atoms with Gasteiger partial charge in [-0.3, -0.25) is 4.79 Å². The Kier molecular flexibility index (Phi) is 5.19. The topological polar surface area (TPSA) is 57.5 Å². The Hall–Kier alpha value is -0.830. The molecule has 2 rings (SSSR count). The highest BCUT2D eigenvalue weighted by molar-refractivity contribution is 5.62. The minimum absolute atomic E-state index is 0.390. The number of hydrogen-bond donors (Lipinski definition) is 2. The van der Waals surface area contributed by atoms with E-state index in [2.05, 4.69) is 19.9 Å². The van der Waals surface area contributed by atoms with Gasteiger partial charge in [-0.2, -0.15) is 0 Å². The maximum absolute atomic E-state index is 9.28. The molecule has 98 valence electrons. The molecule has 1 fully saturated rings. The van der Waals surface area contributed by atoms with Gasteiger partial charge in [-0.1, -0.05) is 18.6 Å². The molecule has 0 aromatic rings. The Morgan fingerprint density at radius 2 is 2.06 bits per heavy atom. The highest BCUT2D eigenvalue weighted by Gasteiger charge is 2.36. The summed E-state index contributed by atoms with van der Waals surface area (Å²) in [6.07, 6.45) is 6.26. The second kappa shape index (κ2) is 6.20. The van der Waals surface area contributed by atoms with E-state index in [1.54, 1.807) is 5.57 Å². The lowest BCUT2D eigenvalue weighted by molar-refractivity contribution is -0.134. The first kappa shape index (κ1) is 14.2. The number of carboxylic acids is 1. The van der Waals surface area contributed by atoms with Gasteiger partial charge < -0.3 is 10.2 Å². The third kappa shape index (κ3) is 3.84. The van der Waals surface area contributed by atoms with Gasteiger partial charge in [0.15, 0.2) is 0 Å². The van der Waals surface area contributed by atoms with Gasteiger partial charge in [0.1, 0.15) is 0 Å². The lowest BCUT2D eigenvalue weighted by Gasteiger charge is -2.42. The molecular weight excluding hydrogens is 216 g/mol. The minimum atomic E-state index is -0.833. The fourth-order valence-electron chi connectivity index (χ4n) is 3.07. The molecule has 2 aliphatic rings. The first-order valence-corrected chi connectivity index (χ1v) is 6.42. The SMILES string of the molecule is CC(=O)O.CC1=CCC2CC1CC(CO)C2C. The molecule has 2 aliphatic carbocycles. The largest absolute Gasteiger partial charge is 0.481 e. The second-order valence-corrected chi connectivity index (χ2v) is 5.43. The fraction of sp³-hybridized carbons (Fsp3) is 0.786. The zero-order chi connectivity index (χ0) is 13.0. The third-order valence-electron chi connectivity index (χ3n) is 4.28. The van der Waals surface area contributed by atoms with Crippen LogP contribution in [0.3, 0.4) is 0 Å². The minimum Gasteiger partial charge on any atom is -0.481 e. The van der Waals surface area contributed by atoms with E-state index < -0.39 is 5.97 Å². The molecule has 3 heteroatoms. The van der Waals surface area contributed by atoms with E-state index in [9.17, 15) is 5.11 Å². The summed E-state index contributed by atoms with van der Waals surface area (Å²) in [5.41, 5.74) is 1.57. The van der Waals surface area contributed by atoms with Crippen LogP contribution in [0.5, 0.6) is 0 Å². The van der Waals surface area contributed by atoms with Gasteiger partial charge in [0.25, 0.3) is 5.97 Å². The highest BCUT2D eigenvalue weighted by atomic mass is 16.4. The molecule has 0 aromatic heterocycles. The van der Waals surface area contributed by atoms with Gasteiger partial charge in [-0.05, 0) is 49.9 Å². The summed E-state index contributed by atoms with van der Waals surface area (Å²) >= 11 is 0. The highest BCUT2D eigenvalue weighted by Crippen LogP contribution is 2.45. The summed E-state index contributed by atoms with van der Waals surface area (Å²) in [6, 6.07) is 0. The standard InChI is InChI=1S/C12H20O.C2H4O2/c1-8-3-4-10-5-11(8)6-12(7-13)9(10)2;1-2(3)4/h3,9-13H,4-7H2,1-2H3;1H3,(H,3,4). The normalized spacial score (nSPS) is 35.4. The molecule has 0 amide bonds. The lowest BCUT2D eigenvalue weighted by Crippen LogP contribution is -2.35. The van der Waals surface area contributed by atoms with Crippen LogP contribution in [0, 0.1) is 23.7 Å². The number of aliphatic carboxylic acids is 1. The van der Waals surface area contributed by atoms with Crippen LogP contribution in [0.15, 0.2) is 11.6 Å². The molecule has 0 heterocycles. The Labute approximate surface area is 104 Å². The predicted octanol–water partition coefficient (Wildman–Crippen LogP) is 2.70. The quantitative estimate of drug-likeness (QED) is 0.693. The fourth-order valence-corrected chi connectivity index (χ4v) is 3.07. The molecule has 0 radical (unpaired) electrons. The second-order valence-electron chi connectivity index (χ2n) is 5.43. The molecular formula is C14H24O3. The van der Waals surface area contributed by atoms with Crippen molar-refractivity contribution in [3.8, 4) is 0 Å². The maximum atomic E-state index is 9.28. The number of aliphatic hydroxyl groups excluding tert-OH is 1. The van der Waals surface area contributed by atoms with Crippen LogP contribution in [0.4, 0.5) is 0 Å². The Bertz CT molecular complexity index is 292. The zero-order valence-electron chi connectivity index (χ0n) is 11.0. The number of aliphatic hydroxyl groups is 1. The van der Waals surface area contributed by atoms with E-state index in [0.717, 1.165) is 24.7 Å². The van der Waals surface area contributed by atoms with E-state index >= 15 is 0 Å². The Balaban J connectivity index is 0.000000317. The zero-order valence-corrected chi connectivity index (χ0v) is 11.0. The van der Waals surface area contributed by atoms with Crippen LogP contribution in [0.1, 0.15) is 40.0 Å². The van der Waals surface area contributed by atoms with E-state index in [4.69, 9.17) is 9.90 Å².